The largest absolute Gasteiger partial charge is 0.444 e. The normalized spacial score (nSPS) is 17.2. The van der Waals surface area contributed by atoms with Crippen LogP contribution in [0, 0.1) is 0 Å². The molecule has 1 aliphatic rings. The third kappa shape index (κ3) is 6.36. The number of pyridine rings is 1. The van der Waals surface area contributed by atoms with Crippen LogP contribution in [0.2, 0.25) is 0 Å². The Balaban J connectivity index is 2.04. The average molecular weight is 347 g/mol. The molecule has 25 heavy (non-hydrogen) atoms. The number of ether oxygens (including phenoxy) is 1. The van der Waals surface area contributed by atoms with Crippen molar-refractivity contribution in [1.82, 2.24) is 15.6 Å². The van der Waals surface area contributed by atoms with E-state index in [-0.39, 0.29) is 5.91 Å². The summed E-state index contributed by atoms with van der Waals surface area (Å²) in [6.45, 7) is 5.92. The summed E-state index contributed by atoms with van der Waals surface area (Å²) in [4.78, 5) is 28.6. The summed E-state index contributed by atoms with van der Waals surface area (Å²) in [5, 5.41) is 6.00. The fraction of sp³-hybridized carbons (Fsp3) is 0.632. The van der Waals surface area contributed by atoms with Crippen molar-refractivity contribution in [3.8, 4) is 0 Å². The first-order valence-corrected chi connectivity index (χ1v) is 8.99. The monoisotopic (exact) mass is 347 g/mol. The molecule has 2 rings (SSSR count). The van der Waals surface area contributed by atoms with Gasteiger partial charge in [0.15, 0.2) is 0 Å². The summed E-state index contributed by atoms with van der Waals surface area (Å²) in [5.74, 6) is -0.178. The van der Waals surface area contributed by atoms with Crippen molar-refractivity contribution in [2.75, 3.05) is 6.54 Å². The molecule has 0 spiro atoms. The van der Waals surface area contributed by atoms with Gasteiger partial charge in [0.25, 0.3) is 5.91 Å². The maximum Gasteiger partial charge on any atom is 0.408 e. The van der Waals surface area contributed by atoms with Crippen molar-refractivity contribution in [2.45, 2.75) is 70.4 Å². The maximum atomic E-state index is 12.3. The van der Waals surface area contributed by atoms with Crippen molar-refractivity contribution in [2.24, 2.45) is 0 Å². The van der Waals surface area contributed by atoms with E-state index in [1.54, 1.807) is 18.3 Å². The Hall–Kier alpha value is -2.11. The van der Waals surface area contributed by atoms with Crippen molar-refractivity contribution < 1.29 is 14.3 Å². The van der Waals surface area contributed by atoms with Gasteiger partial charge >= 0.3 is 6.09 Å². The quantitative estimate of drug-likeness (QED) is 0.818. The smallest absolute Gasteiger partial charge is 0.408 e. The first-order chi connectivity index (χ1) is 11.8. The first kappa shape index (κ1) is 19.2. The number of aromatic nitrogens is 1. The molecule has 1 saturated carbocycles. The van der Waals surface area contributed by atoms with E-state index in [4.69, 9.17) is 4.74 Å². The summed E-state index contributed by atoms with van der Waals surface area (Å²) < 4.78 is 5.43. The lowest BCUT2D eigenvalue weighted by molar-refractivity contribution is 0.0437. The van der Waals surface area contributed by atoms with Gasteiger partial charge < -0.3 is 15.4 Å². The van der Waals surface area contributed by atoms with E-state index in [1.165, 1.54) is 6.20 Å². The predicted octanol–water partition coefficient (Wildman–Crippen LogP) is 3.43. The van der Waals surface area contributed by atoms with Crippen molar-refractivity contribution >= 4 is 12.0 Å². The van der Waals surface area contributed by atoms with Crippen molar-refractivity contribution in [3.63, 3.8) is 0 Å². The van der Waals surface area contributed by atoms with E-state index >= 15 is 0 Å². The molecule has 0 aliphatic heterocycles. The minimum atomic E-state index is -0.547. The van der Waals surface area contributed by atoms with Gasteiger partial charge in [-0.25, -0.2) is 4.79 Å². The summed E-state index contributed by atoms with van der Waals surface area (Å²) in [5.41, 5.74) is -0.491. The van der Waals surface area contributed by atoms with Crippen LogP contribution in [0.5, 0.6) is 0 Å². The Morgan fingerprint density at radius 2 is 1.88 bits per heavy atom. The van der Waals surface area contributed by atoms with Crippen LogP contribution < -0.4 is 10.6 Å². The molecule has 6 heteroatoms. The van der Waals surface area contributed by atoms with Crippen LogP contribution in [-0.4, -0.2) is 34.7 Å². The molecular formula is C19H29N3O3. The standard InChI is InChI=1S/C19H29N3O3/c1-18(2,3)25-17(24)22-19(10-6-4-5-7-11-19)14-21-16(23)15-9-8-12-20-13-15/h8-9,12-13H,4-7,10-11,14H2,1-3H3,(H,21,23)(H,22,24). The Kier molecular flexibility index (Phi) is 6.39. The SMILES string of the molecule is CC(C)(C)OC(=O)NC1(CNC(=O)c2cccnc2)CCCCCC1. The molecule has 1 fully saturated rings. The summed E-state index contributed by atoms with van der Waals surface area (Å²) in [6, 6.07) is 3.46. The zero-order chi connectivity index (χ0) is 18.3. The minimum absolute atomic E-state index is 0.178. The molecular weight excluding hydrogens is 318 g/mol. The zero-order valence-electron chi connectivity index (χ0n) is 15.4. The molecule has 1 aliphatic carbocycles. The Morgan fingerprint density at radius 1 is 1.20 bits per heavy atom. The topological polar surface area (TPSA) is 80.3 Å². The van der Waals surface area contributed by atoms with Gasteiger partial charge in [-0.05, 0) is 45.7 Å². The fourth-order valence-corrected chi connectivity index (χ4v) is 3.12. The maximum absolute atomic E-state index is 12.3. The molecule has 1 heterocycles. The Morgan fingerprint density at radius 3 is 2.44 bits per heavy atom. The second kappa shape index (κ2) is 8.32. The number of hydrogen-bond acceptors (Lipinski definition) is 4. The number of rotatable bonds is 4. The predicted molar refractivity (Wildman–Crippen MR) is 96.4 cm³/mol. The van der Waals surface area contributed by atoms with Gasteiger partial charge in [0.2, 0.25) is 0 Å². The minimum Gasteiger partial charge on any atom is -0.444 e. The van der Waals surface area contributed by atoms with Gasteiger partial charge in [-0.1, -0.05) is 25.7 Å². The lowest BCUT2D eigenvalue weighted by Gasteiger charge is -2.35. The van der Waals surface area contributed by atoms with Crippen LogP contribution in [0.25, 0.3) is 0 Å². The molecule has 0 unspecified atom stereocenters. The lowest BCUT2D eigenvalue weighted by atomic mass is 9.90. The molecule has 138 valence electrons. The first-order valence-electron chi connectivity index (χ1n) is 8.99. The van der Waals surface area contributed by atoms with Gasteiger partial charge in [0.05, 0.1) is 11.1 Å². The highest BCUT2D eigenvalue weighted by molar-refractivity contribution is 5.93. The van der Waals surface area contributed by atoms with Crippen LogP contribution in [0.4, 0.5) is 4.79 Å². The second-order valence-electron chi connectivity index (χ2n) is 7.75. The Labute approximate surface area is 149 Å². The van der Waals surface area contributed by atoms with Gasteiger partial charge in [-0.2, -0.15) is 0 Å². The molecule has 2 N–H and O–H groups in total. The van der Waals surface area contributed by atoms with E-state index in [9.17, 15) is 9.59 Å². The van der Waals surface area contributed by atoms with Crippen LogP contribution in [0.1, 0.15) is 69.7 Å². The van der Waals surface area contributed by atoms with Gasteiger partial charge in [0, 0.05) is 18.9 Å². The number of amides is 2. The average Bonchev–Trinajstić information content (AvgIpc) is 2.77. The highest BCUT2D eigenvalue weighted by Gasteiger charge is 2.34. The summed E-state index contributed by atoms with van der Waals surface area (Å²) in [7, 11) is 0. The highest BCUT2D eigenvalue weighted by atomic mass is 16.6. The third-order valence-electron chi connectivity index (χ3n) is 4.34. The third-order valence-corrected chi connectivity index (χ3v) is 4.34. The molecule has 0 saturated heterocycles. The number of hydrogen-bond donors (Lipinski definition) is 2. The van der Waals surface area contributed by atoms with Gasteiger partial charge in [-0.3, -0.25) is 9.78 Å². The van der Waals surface area contributed by atoms with Crippen molar-refractivity contribution in [3.05, 3.63) is 30.1 Å². The van der Waals surface area contributed by atoms with Gasteiger partial charge in [0.1, 0.15) is 5.60 Å². The number of alkyl carbamates (subject to hydrolysis) is 1. The second-order valence-corrected chi connectivity index (χ2v) is 7.75. The van der Waals surface area contributed by atoms with E-state index in [0.29, 0.717) is 12.1 Å². The van der Waals surface area contributed by atoms with Crippen LogP contribution in [0.3, 0.4) is 0 Å². The molecule has 1 aromatic heterocycles. The number of carbonyl (C=O) groups is 2. The van der Waals surface area contributed by atoms with Crippen LogP contribution >= 0.6 is 0 Å². The summed E-state index contributed by atoms with van der Waals surface area (Å²) >= 11 is 0. The molecule has 0 aromatic carbocycles. The van der Waals surface area contributed by atoms with Crippen LogP contribution in [0.15, 0.2) is 24.5 Å². The molecule has 0 radical (unpaired) electrons. The molecule has 0 bridgehead atoms. The van der Waals surface area contributed by atoms with E-state index in [0.717, 1.165) is 38.5 Å². The number of nitrogens with zero attached hydrogens (tertiary/aromatic N) is 1. The number of carbonyl (C=O) groups excluding carboxylic acids is 2. The van der Waals surface area contributed by atoms with E-state index < -0.39 is 17.2 Å². The molecule has 2 amide bonds. The van der Waals surface area contributed by atoms with Crippen LogP contribution in [-0.2, 0) is 4.74 Å². The molecule has 6 nitrogen and oxygen atoms in total. The fourth-order valence-electron chi connectivity index (χ4n) is 3.12. The van der Waals surface area contributed by atoms with E-state index in [1.807, 2.05) is 20.8 Å². The molecule has 1 aromatic rings. The van der Waals surface area contributed by atoms with Gasteiger partial charge in [-0.15, -0.1) is 0 Å². The van der Waals surface area contributed by atoms with Crippen molar-refractivity contribution in [1.29, 1.82) is 0 Å². The van der Waals surface area contributed by atoms with E-state index in [2.05, 4.69) is 15.6 Å². The highest BCUT2D eigenvalue weighted by Crippen LogP contribution is 2.27. The summed E-state index contributed by atoms with van der Waals surface area (Å²) in [6.07, 6.45) is 8.76. The Bertz CT molecular complexity index is 573. The number of nitrogens with one attached hydrogen (secondary N) is 2. The zero-order valence-corrected chi connectivity index (χ0v) is 15.4. The lowest BCUT2D eigenvalue weighted by Crippen LogP contribution is -2.56. The molecule has 0 atom stereocenters.